The number of rotatable bonds is 7. The van der Waals surface area contributed by atoms with Crippen LogP contribution in [0.1, 0.15) is 17.9 Å². The molecule has 2 N–H and O–H groups in total. The number of methoxy groups -OCH3 is 1. The molecule has 0 aromatic heterocycles. The Bertz CT molecular complexity index is 651. The number of hydrogen-bond donors (Lipinski definition) is 1. The van der Waals surface area contributed by atoms with Gasteiger partial charge in [-0.05, 0) is 18.0 Å². The molecule has 0 unspecified atom stereocenters. The second-order valence-corrected chi connectivity index (χ2v) is 8.02. The van der Waals surface area contributed by atoms with Crippen LogP contribution in [0.25, 0.3) is 0 Å². The van der Waals surface area contributed by atoms with Crippen LogP contribution in [-0.2, 0) is 19.7 Å². The van der Waals surface area contributed by atoms with Gasteiger partial charge < -0.3 is 10.5 Å². The predicted octanol–water partition coefficient (Wildman–Crippen LogP) is 0.400. The van der Waals surface area contributed by atoms with Gasteiger partial charge in [0.15, 0.2) is 0 Å². The minimum Gasteiger partial charge on any atom is -0.469 e. The fourth-order valence-corrected chi connectivity index (χ4v) is 4.45. The zero-order valence-electron chi connectivity index (χ0n) is 14.1. The van der Waals surface area contributed by atoms with Crippen LogP contribution in [0.4, 0.5) is 0 Å². The van der Waals surface area contributed by atoms with E-state index in [9.17, 15) is 13.2 Å². The highest BCUT2D eigenvalue weighted by Gasteiger charge is 2.40. The average Bonchev–Trinajstić information content (AvgIpc) is 3.05. The summed E-state index contributed by atoms with van der Waals surface area (Å²) < 4.78 is 32.7. The van der Waals surface area contributed by atoms with E-state index in [2.05, 4.69) is 4.74 Å². The Hall–Kier alpha value is -1.48. The van der Waals surface area contributed by atoms with Crippen molar-refractivity contribution >= 4 is 16.2 Å². The molecule has 2 atom stereocenters. The first kappa shape index (κ1) is 18.9. The monoisotopic (exact) mass is 355 g/mol. The third kappa shape index (κ3) is 4.13. The highest BCUT2D eigenvalue weighted by Crippen LogP contribution is 2.33. The Morgan fingerprint density at radius 3 is 2.58 bits per heavy atom. The van der Waals surface area contributed by atoms with Gasteiger partial charge in [-0.2, -0.15) is 17.0 Å². The van der Waals surface area contributed by atoms with Crippen molar-refractivity contribution in [3.8, 4) is 0 Å². The van der Waals surface area contributed by atoms with Gasteiger partial charge in [0, 0.05) is 32.6 Å². The zero-order valence-corrected chi connectivity index (χ0v) is 14.9. The number of nitrogens with two attached hydrogens (primary N) is 1. The molecule has 1 aromatic carbocycles. The Morgan fingerprint density at radius 1 is 1.33 bits per heavy atom. The van der Waals surface area contributed by atoms with Gasteiger partial charge >= 0.3 is 5.97 Å². The van der Waals surface area contributed by atoms with E-state index in [4.69, 9.17) is 5.73 Å². The topological polar surface area (TPSA) is 92.9 Å². The highest BCUT2D eigenvalue weighted by molar-refractivity contribution is 7.86. The Balaban J connectivity index is 2.10. The molecule has 1 saturated heterocycles. The molecule has 0 spiro atoms. The lowest BCUT2D eigenvalue weighted by atomic mass is 9.89. The number of nitrogens with zero attached hydrogens (tertiary/aromatic N) is 2. The molecule has 1 aliphatic heterocycles. The van der Waals surface area contributed by atoms with Crippen molar-refractivity contribution in [2.45, 2.75) is 12.3 Å². The maximum Gasteiger partial charge on any atom is 0.306 e. The van der Waals surface area contributed by atoms with Crippen molar-refractivity contribution in [3.63, 3.8) is 0 Å². The lowest BCUT2D eigenvalue weighted by molar-refractivity contribution is -0.140. The maximum atomic E-state index is 12.7. The molecule has 8 heteroatoms. The number of benzene rings is 1. The van der Waals surface area contributed by atoms with E-state index in [0.29, 0.717) is 19.6 Å². The number of ether oxygens (including phenoxy) is 1. The van der Waals surface area contributed by atoms with Crippen molar-refractivity contribution in [2.24, 2.45) is 11.7 Å². The van der Waals surface area contributed by atoms with Crippen molar-refractivity contribution in [1.82, 2.24) is 8.61 Å². The van der Waals surface area contributed by atoms with Gasteiger partial charge in [-0.15, -0.1) is 0 Å². The van der Waals surface area contributed by atoms with Crippen LogP contribution in [0.15, 0.2) is 30.3 Å². The average molecular weight is 355 g/mol. The van der Waals surface area contributed by atoms with Crippen LogP contribution >= 0.6 is 0 Å². The van der Waals surface area contributed by atoms with Gasteiger partial charge in [0.2, 0.25) is 0 Å². The highest BCUT2D eigenvalue weighted by atomic mass is 32.2. The summed E-state index contributed by atoms with van der Waals surface area (Å²) in [5, 5.41) is 0. The molecular weight excluding hydrogens is 330 g/mol. The summed E-state index contributed by atoms with van der Waals surface area (Å²) in [4.78, 5) is 11.2. The molecule has 2 rings (SSSR count). The summed E-state index contributed by atoms with van der Waals surface area (Å²) in [7, 11) is -0.860. The van der Waals surface area contributed by atoms with E-state index < -0.39 is 16.2 Å². The molecule has 0 bridgehead atoms. The van der Waals surface area contributed by atoms with Crippen LogP contribution in [0.3, 0.4) is 0 Å². The largest absolute Gasteiger partial charge is 0.469 e. The van der Waals surface area contributed by atoms with E-state index in [1.54, 1.807) is 0 Å². The van der Waals surface area contributed by atoms with Gasteiger partial charge in [-0.25, -0.2) is 0 Å². The molecule has 0 saturated carbocycles. The summed E-state index contributed by atoms with van der Waals surface area (Å²) in [5.41, 5.74) is 6.96. The van der Waals surface area contributed by atoms with E-state index in [-0.39, 0.29) is 24.8 Å². The van der Waals surface area contributed by atoms with Gasteiger partial charge in [-0.3, -0.25) is 4.79 Å². The van der Waals surface area contributed by atoms with Crippen molar-refractivity contribution < 1.29 is 17.9 Å². The summed E-state index contributed by atoms with van der Waals surface area (Å²) in [6, 6.07) is 9.84. The van der Waals surface area contributed by atoms with Crippen LogP contribution in [0.5, 0.6) is 0 Å². The van der Waals surface area contributed by atoms with Crippen LogP contribution < -0.4 is 5.73 Å². The first-order valence-corrected chi connectivity index (χ1v) is 9.33. The molecule has 1 aromatic rings. The quantitative estimate of drug-likeness (QED) is 0.715. The Morgan fingerprint density at radius 2 is 2.00 bits per heavy atom. The van der Waals surface area contributed by atoms with E-state index in [0.717, 1.165) is 5.56 Å². The summed E-state index contributed by atoms with van der Waals surface area (Å²) in [6.07, 6.45) is 0.0303. The minimum absolute atomic E-state index is 0.0303. The molecule has 7 nitrogen and oxygen atoms in total. The summed E-state index contributed by atoms with van der Waals surface area (Å²) >= 11 is 0. The van der Waals surface area contributed by atoms with E-state index in [1.807, 2.05) is 30.3 Å². The number of esters is 1. The van der Waals surface area contributed by atoms with Gasteiger partial charge in [0.25, 0.3) is 10.2 Å². The molecule has 0 amide bonds. The Labute approximate surface area is 143 Å². The first-order valence-electron chi connectivity index (χ1n) is 7.93. The first-order chi connectivity index (χ1) is 11.4. The standard InChI is InChI=1S/C16H25N3O4S/c1-18(9-8-16(20)23-2)24(21,22)19-11-14(10-17)15(12-19)13-6-4-3-5-7-13/h3-7,14-15H,8-12,17H2,1-2H3/t14-,15+/m1/s1. The smallest absolute Gasteiger partial charge is 0.306 e. The molecule has 1 fully saturated rings. The molecular formula is C16H25N3O4S. The molecule has 0 radical (unpaired) electrons. The Kier molecular flexibility index (Phi) is 6.34. The summed E-state index contributed by atoms with van der Waals surface area (Å²) in [5.74, 6) is -0.267. The van der Waals surface area contributed by atoms with Crippen molar-refractivity contribution in [3.05, 3.63) is 35.9 Å². The van der Waals surface area contributed by atoms with Gasteiger partial charge in [0.1, 0.15) is 0 Å². The van der Waals surface area contributed by atoms with Crippen molar-refractivity contribution in [2.75, 3.05) is 40.3 Å². The fourth-order valence-electron chi connectivity index (χ4n) is 3.00. The lowest BCUT2D eigenvalue weighted by Gasteiger charge is -2.24. The number of hydrogen-bond acceptors (Lipinski definition) is 5. The van der Waals surface area contributed by atoms with Crippen LogP contribution in [-0.4, -0.2) is 63.3 Å². The second kappa shape index (κ2) is 8.06. The molecule has 1 heterocycles. The maximum absolute atomic E-state index is 12.7. The molecule has 1 aliphatic rings. The normalized spacial score (nSPS) is 22.0. The predicted molar refractivity (Wildman–Crippen MR) is 91.5 cm³/mol. The third-order valence-electron chi connectivity index (χ3n) is 4.52. The van der Waals surface area contributed by atoms with E-state index >= 15 is 0 Å². The minimum atomic E-state index is -3.62. The fraction of sp³-hybridized carbons (Fsp3) is 0.562. The van der Waals surface area contributed by atoms with E-state index in [1.165, 1.54) is 22.8 Å². The number of carbonyl (C=O) groups is 1. The number of carbonyl (C=O) groups excluding carboxylic acids is 1. The zero-order chi connectivity index (χ0) is 17.7. The van der Waals surface area contributed by atoms with Gasteiger partial charge in [0.05, 0.1) is 13.5 Å². The summed E-state index contributed by atoms with van der Waals surface area (Å²) in [6.45, 7) is 1.31. The second-order valence-electron chi connectivity index (χ2n) is 5.99. The van der Waals surface area contributed by atoms with Gasteiger partial charge in [-0.1, -0.05) is 30.3 Å². The lowest BCUT2D eigenvalue weighted by Crippen LogP contribution is -2.41. The third-order valence-corrected chi connectivity index (χ3v) is 6.44. The van der Waals surface area contributed by atoms with Crippen molar-refractivity contribution in [1.29, 1.82) is 0 Å². The van der Waals surface area contributed by atoms with Crippen LogP contribution in [0.2, 0.25) is 0 Å². The van der Waals surface area contributed by atoms with Crippen LogP contribution in [0, 0.1) is 5.92 Å². The SMILES string of the molecule is COC(=O)CCN(C)S(=O)(=O)N1C[C@@H](CN)[C@H](c2ccccc2)C1. The molecule has 24 heavy (non-hydrogen) atoms. The molecule has 0 aliphatic carbocycles. The molecule has 134 valence electrons.